The van der Waals surface area contributed by atoms with E-state index in [1.54, 1.807) is 4.90 Å². The SMILES string of the molecule is CCOC(=O)N1CCC(N[C@@H]2C(C)=C(C)C(=O)N2[C@@H]2CCCc3ccccc32)CC1. The van der Waals surface area contributed by atoms with Crippen molar-refractivity contribution in [1.82, 2.24) is 15.1 Å². The van der Waals surface area contributed by atoms with Gasteiger partial charge in [-0.1, -0.05) is 24.3 Å². The number of nitrogens with one attached hydrogen (secondary N) is 1. The number of carbonyl (C=O) groups is 2. The highest BCUT2D eigenvalue weighted by Crippen LogP contribution is 2.40. The molecule has 3 aliphatic rings. The molecule has 2 aliphatic heterocycles. The van der Waals surface area contributed by atoms with Crippen LogP contribution in [0.1, 0.15) is 63.6 Å². The highest BCUT2D eigenvalue weighted by molar-refractivity contribution is 5.97. The van der Waals surface area contributed by atoms with Crippen LogP contribution in [0.25, 0.3) is 0 Å². The molecule has 0 unspecified atom stereocenters. The molecule has 1 aromatic carbocycles. The molecule has 0 aromatic heterocycles. The van der Waals surface area contributed by atoms with Gasteiger partial charge in [0.25, 0.3) is 5.91 Å². The number of amides is 2. The van der Waals surface area contributed by atoms with Crippen LogP contribution in [0, 0.1) is 0 Å². The average Bonchev–Trinajstić information content (AvgIpc) is 2.97. The number of benzene rings is 1. The molecule has 2 amide bonds. The fraction of sp³-hybridized carbons (Fsp3) is 0.583. The first-order chi connectivity index (χ1) is 14.5. The number of aryl methyl sites for hydroxylation is 1. The van der Waals surface area contributed by atoms with Gasteiger partial charge in [0.15, 0.2) is 0 Å². The monoisotopic (exact) mass is 411 g/mol. The van der Waals surface area contributed by atoms with Crippen molar-refractivity contribution in [3.8, 4) is 0 Å². The van der Waals surface area contributed by atoms with Crippen LogP contribution < -0.4 is 5.32 Å². The van der Waals surface area contributed by atoms with Crippen LogP contribution in [-0.4, -0.2) is 53.7 Å². The smallest absolute Gasteiger partial charge is 0.409 e. The lowest BCUT2D eigenvalue weighted by molar-refractivity contribution is -0.130. The van der Waals surface area contributed by atoms with Gasteiger partial charge in [-0.15, -0.1) is 0 Å². The van der Waals surface area contributed by atoms with Crippen molar-refractivity contribution in [2.24, 2.45) is 0 Å². The predicted octanol–water partition coefficient (Wildman–Crippen LogP) is 3.78. The minimum Gasteiger partial charge on any atom is -0.450 e. The van der Waals surface area contributed by atoms with Crippen LogP contribution >= 0.6 is 0 Å². The maximum absolute atomic E-state index is 13.2. The number of nitrogens with zero attached hydrogens (tertiary/aromatic N) is 2. The van der Waals surface area contributed by atoms with Gasteiger partial charge in [0, 0.05) is 24.7 Å². The number of hydrogen-bond donors (Lipinski definition) is 1. The van der Waals surface area contributed by atoms with E-state index in [0.29, 0.717) is 19.7 Å². The molecule has 0 radical (unpaired) electrons. The van der Waals surface area contributed by atoms with Crippen LogP contribution in [0.4, 0.5) is 4.79 Å². The standard InChI is InChI=1S/C24H33N3O3/c1-4-30-24(29)26-14-12-19(13-15-26)25-22-16(2)17(3)23(28)27(22)21-11-7-9-18-8-5-6-10-20(18)21/h5-6,8,10,19,21-22,25H,4,7,9,11-15H2,1-3H3/t21-,22+/m1/s1. The van der Waals surface area contributed by atoms with Crippen molar-refractivity contribution in [1.29, 1.82) is 0 Å². The topological polar surface area (TPSA) is 61.9 Å². The van der Waals surface area contributed by atoms with Gasteiger partial charge in [-0.3, -0.25) is 10.1 Å². The molecule has 4 rings (SSSR count). The van der Waals surface area contributed by atoms with Gasteiger partial charge < -0.3 is 14.5 Å². The normalized spacial score (nSPS) is 25.0. The zero-order valence-electron chi connectivity index (χ0n) is 18.3. The molecule has 2 heterocycles. The third-order valence-corrected chi connectivity index (χ3v) is 6.92. The van der Waals surface area contributed by atoms with Gasteiger partial charge in [0.2, 0.25) is 0 Å². The summed E-state index contributed by atoms with van der Waals surface area (Å²) in [6, 6.07) is 8.95. The van der Waals surface area contributed by atoms with Crippen LogP contribution in [0.2, 0.25) is 0 Å². The van der Waals surface area contributed by atoms with E-state index >= 15 is 0 Å². The van der Waals surface area contributed by atoms with Crippen LogP contribution in [0.3, 0.4) is 0 Å². The Kier molecular flexibility index (Phi) is 6.14. The van der Waals surface area contributed by atoms with E-state index in [1.165, 1.54) is 11.1 Å². The summed E-state index contributed by atoms with van der Waals surface area (Å²) in [6.07, 6.45) is 4.63. The zero-order chi connectivity index (χ0) is 21.3. The van der Waals surface area contributed by atoms with E-state index in [4.69, 9.17) is 4.74 Å². The third kappa shape index (κ3) is 3.85. The van der Waals surface area contributed by atoms with Gasteiger partial charge in [0.1, 0.15) is 6.17 Å². The Morgan fingerprint density at radius 2 is 1.90 bits per heavy atom. The van der Waals surface area contributed by atoms with Gasteiger partial charge in [-0.05, 0) is 69.6 Å². The quantitative estimate of drug-likeness (QED) is 0.819. The number of rotatable bonds is 4. The maximum Gasteiger partial charge on any atom is 0.409 e. The van der Waals surface area contributed by atoms with Crippen LogP contribution in [0.5, 0.6) is 0 Å². The second-order valence-electron chi connectivity index (χ2n) is 8.66. The molecular weight excluding hydrogens is 378 g/mol. The number of likely N-dealkylation sites (tertiary alicyclic amines) is 1. The summed E-state index contributed by atoms with van der Waals surface area (Å²) >= 11 is 0. The molecule has 0 saturated carbocycles. The lowest BCUT2D eigenvalue weighted by atomic mass is 9.86. The van der Waals surface area contributed by atoms with Crippen LogP contribution in [0.15, 0.2) is 35.4 Å². The molecule has 30 heavy (non-hydrogen) atoms. The summed E-state index contributed by atoms with van der Waals surface area (Å²) in [5.74, 6) is 0.149. The Morgan fingerprint density at radius 1 is 1.17 bits per heavy atom. The molecule has 0 spiro atoms. The zero-order valence-corrected chi connectivity index (χ0v) is 18.3. The number of carbonyl (C=O) groups excluding carboxylic acids is 2. The van der Waals surface area contributed by atoms with Gasteiger partial charge in [0.05, 0.1) is 12.6 Å². The summed E-state index contributed by atoms with van der Waals surface area (Å²) in [5, 5.41) is 3.77. The Labute approximate surface area is 179 Å². The van der Waals surface area contributed by atoms with Crippen LogP contribution in [-0.2, 0) is 16.0 Å². The molecule has 162 valence electrons. The number of fused-ring (bicyclic) bond motifs is 1. The summed E-state index contributed by atoms with van der Waals surface area (Å²) in [7, 11) is 0. The molecular formula is C24H33N3O3. The first-order valence-electron chi connectivity index (χ1n) is 11.3. The molecule has 1 saturated heterocycles. The lowest BCUT2D eigenvalue weighted by Crippen LogP contribution is -2.54. The number of hydrogen-bond acceptors (Lipinski definition) is 4. The first-order valence-corrected chi connectivity index (χ1v) is 11.3. The van der Waals surface area contributed by atoms with Gasteiger partial charge in [-0.25, -0.2) is 4.79 Å². The minimum atomic E-state index is -0.223. The summed E-state index contributed by atoms with van der Waals surface area (Å²) in [6.45, 7) is 7.63. The van der Waals surface area contributed by atoms with E-state index < -0.39 is 0 Å². The molecule has 1 aromatic rings. The van der Waals surface area contributed by atoms with Crippen molar-refractivity contribution in [2.75, 3.05) is 19.7 Å². The summed E-state index contributed by atoms with van der Waals surface area (Å²) in [4.78, 5) is 29.1. The molecule has 0 bridgehead atoms. The number of ether oxygens (including phenoxy) is 1. The summed E-state index contributed by atoms with van der Waals surface area (Å²) in [5.41, 5.74) is 4.64. The average molecular weight is 412 g/mol. The highest BCUT2D eigenvalue weighted by Gasteiger charge is 2.42. The first kappa shape index (κ1) is 20.9. The largest absolute Gasteiger partial charge is 0.450 e. The second-order valence-corrected chi connectivity index (χ2v) is 8.66. The Morgan fingerprint density at radius 3 is 2.63 bits per heavy atom. The van der Waals surface area contributed by atoms with Gasteiger partial charge in [-0.2, -0.15) is 0 Å². The van der Waals surface area contributed by atoms with Crippen molar-refractivity contribution < 1.29 is 14.3 Å². The minimum absolute atomic E-state index is 0.0761. The molecule has 6 heteroatoms. The van der Waals surface area contributed by atoms with Crippen molar-refractivity contribution in [2.45, 2.75) is 71.1 Å². The maximum atomic E-state index is 13.2. The lowest BCUT2D eigenvalue weighted by Gasteiger charge is -2.41. The van der Waals surface area contributed by atoms with Crippen molar-refractivity contribution in [3.63, 3.8) is 0 Å². The predicted molar refractivity (Wildman–Crippen MR) is 116 cm³/mol. The molecule has 1 fully saturated rings. The second kappa shape index (κ2) is 8.80. The molecule has 1 N–H and O–H groups in total. The summed E-state index contributed by atoms with van der Waals surface area (Å²) < 4.78 is 5.13. The van der Waals surface area contributed by atoms with Gasteiger partial charge >= 0.3 is 6.09 Å². The van der Waals surface area contributed by atoms with E-state index in [2.05, 4.69) is 41.4 Å². The van der Waals surface area contributed by atoms with E-state index in [9.17, 15) is 9.59 Å². The van der Waals surface area contributed by atoms with Crippen molar-refractivity contribution in [3.05, 3.63) is 46.5 Å². The Balaban J connectivity index is 1.49. The van der Waals surface area contributed by atoms with E-state index in [-0.39, 0.29) is 30.2 Å². The van der Waals surface area contributed by atoms with E-state index in [1.807, 2.05) is 13.8 Å². The van der Waals surface area contributed by atoms with Crippen molar-refractivity contribution >= 4 is 12.0 Å². The van der Waals surface area contributed by atoms with E-state index in [0.717, 1.165) is 43.3 Å². The third-order valence-electron chi connectivity index (χ3n) is 6.92. The number of piperidine rings is 1. The highest BCUT2D eigenvalue weighted by atomic mass is 16.6. The Bertz CT molecular complexity index is 842. The fourth-order valence-corrected chi connectivity index (χ4v) is 5.10. The molecule has 6 nitrogen and oxygen atoms in total. The fourth-order valence-electron chi connectivity index (χ4n) is 5.10. The molecule has 1 aliphatic carbocycles. The molecule has 2 atom stereocenters. The Hall–Kier alpha value is -2.34.